The van der Waals surface area contributed by atoms with Crippen molar-refractivity contribution in [1.82, 2.24) is 9.97 Å². The molecule has 5 rings (SSSR count). The summed E-state index contributed by atoms with van der Waals surface area (Å²) in [5.41, 5.74) is 5.03. The van der Waals surface area contributed by atoms with E-state index in [0.717, 1.165) is 41.7 Å². The van der Waals surface area contributed by atoms with Crippen LogP contribution in [-0.2, 0) is 23.8 Å². The van der Waals surface area contributed by atoms with Crippen LogP contribution in [0.1, 0.15) is 105 Å². The van der Waals surface area contributed by atoms with Gasteiger partial charge >= 0.3 is 12.2 Å². The first kappa shape index (κ1) is 37.7. The van der Waals surface area contributed by atoms with Crippen LogP contribution < -0.4 is 9.64 Å². The van der Waals surface area contributed by atoms with Gasteiger partial charge in [0, 0.05) is 36.9 Å². The molecule has 3 unspecified atom stereocenters. The number of hydrogen-bond donors (Lipinski definition) is 0. The van der Waals surface area contributed by atoms with Crippen molar-refractivity contribution in [1.29, 1.82) is 5.26 Å². The summed E-state index contributed by atoms with van der Waals surface area (Å²) in [5, 5.41) is 9.47. The van der Waals surface area contributed by atoms with Crippen molar-refractivity contribution in [2.45, 2.75) is 90.8 Å². The Morgan fingerprint density at radius 2 is 1.94 bits per heavy atom. The molecule has 0 radical (unpaired) electrons. The molecule has 2 heterocycles. The summed E-state index contributed by atoms with van der Waals surface area (Å²) < 4.78 is 49.2. The second-order valence-corrected chi connectivity index (χ2v) is 14.3. The van der Waals surface area contributed by atoms with Crippen LogP contribution in [0.5, 0.6) is 6.01 Å². The monoisotopic (exact) mass is 699 g/mol. The first-order valence-electron chi connectivity index (χ1n) is 17.9. The zero-order valence-electron chi connectivity index (χ0n) is 30.0. The van der Waals surface area contributed by atoms with Crippen molar-refractivity contribution in [3.63, 3.8) is 0 Å². The van der Waals surface area contributed by atoms with E-state index in [0.29, 0.717) is 81.1 Å². The molecule has 0 amide bonds. The van der Waals surface area contributed by atoms with Crippen LogP contribution in [0.15, 0.2) is 59.7 Å². The Kier molecular flexibility index (Phi) is 12.0. The van der Waals surface area contributed by atoms with Crippen molar-refractivity contribution >= 4 is 23.9 Å². The number of nitrogens with zero attached hydrogens (tertiary/aromatic N) is 5. The topological polar surface area (TPSA) is 91.5 Å². The Labute approximate surface area is 299 Å². The number of rotatable bonds is 13. The second-order valence-electron chi connectivity index (χ2n) is 14.3. The Morgan fingerprint density at radius 1 is 1.18 bits per heavy atom. The quantitative estimate of drug-likeness (QED) is 0.118. The highest BCUT2D eigenvalue weighted by Gasteiger charge is 2.36. The molecule has 1 fully saturated rings. The van der Waals surface area contributed by atoms with E-state index in [-0.39, 0.29) is 35.2 Å². The van der Waals surface area contributed by atoms with Crippen molar-refractivity contribution in [3.05, 3.63) is 88.2 Å². The smallest absolute Gasteiger partial charge is 0.417 e. The molecule has 0 saturated heterocycles. The molecule has 2 aliphatic carbocycles. The summed E-state index contributed by atoms with van der Waals surface area (Å²) in [4.78, 5) is 28.7. The first-order chi connectivity index (χ1) is 24.3. The molecule has 0 N–H and O–H groups in total. The van der Waals surface area contributed by atoms with E-state index in [2.05, 4.69) is 42.6 Å². The number of aromatic nitrogens is 2. The molecule has 51 heavy (non-hydrogen) atoms. The molecule has 1 saturated carbocycles. The standard InChI is InChI=1S/C41H48F3N5O2/c1-7-38(50)27(4)18-20-49(23-25(2)17-19-45)39-33-13-11-30(21-34-35-22-46-29(6)32(35)14-15-36(34)41(42,43)44)12-16-37(33)47-40(48-39)51-24-31-10-8-9-26(3)28(31)5/h7,14-15,21-22,25,28-29,31H,1,3-4,8-13,16-18,20,23-24H2,2,5-6H3/b30-21+/t25?,28?,29-,31?/m0/s1. The lowest BCUT2D eigenvalue weighted by Crippen LogP contribution is -2.32. The van der Waals surface area contributed by atoms with Gasteiger partial charge in [-0.15, -0.1) is 0 Å². The van der Waals surface area contributed by atoms with Crippen molar-refractivity contribution in [2.24, 2.45) is 22.7 Å². The van der Waals surface area contributed by atoms with E-state index in [1.807, 2.05) is 13.8 Å². The minimum atomic E-state index is -4.51. The fraction of sp³-hybridized carbons (Fsp3) is 0.488. The van der Waals surface area contributed by atoms with E-state index in [9.17, 15) is 23.2 Å². The average Bonchev–Trinajstić information content (AvgIpc) is 3.35. The number of nitriles is 1. The summed E-state index contributed by atoms with van der Waals surface area (Å²) in [6.45, 7) is 19.2. The van der Waals surface area contributed by atoms with Crippen LogP contribution in [0.25, 0.3) is 6.08 Å². The molecule has 4 atom stereocenters. The molecule has 0 spiro atoms. The Bertz CT molecular complexity index is 1790. The maximum atomic E-state index is 14.3. The number of halogens is 3. The molecule has 270 valence electrons. The van der Waals surface area contributed by atoms with Gasteiger partial charge in [0.25, 0.3) is 0 Å². The summed E-state index contributed by atoms with van der Waals surface area (Å²) in [5.74, 6) is 1.03. The predicted octanol–water partition coefficient (Wildman–Crippen LogP) is 9.38. The van der Waals surface area contributed by atoms with Crippen LogP contribution in [0, 0.1) is 29.1 Å². The lowest BCUT2D eigenvalue weighted by atomic mass is 9.78. The number of carbonyl (C=O) groups is 1. The molecular formula is C41H48F3N5O2. The van der Waals surface area contributed by atoms with Gasteiger partial charge in [-0.05, 0) is 105 Å². The van der Waals surface area contributed by atoms with Gasteiger partial charge in [-0.2, -0.15) is 28.4 Å². The lowest BCUT2D eigenvalue weighted by molar-refractivity contribution is -0.137. The predicted molar refractivity (Wildman–Crippen MR) is 196 cm³/mol. The van der Waals surface area contributed by atoms with Gasteiger partial charge < -0.3 is 9.64 Å². The Morgan fingerprint density at radius 3 is 2.67 bits per heavy atom. The van der Waals surface area contributed by atoms with Crippen LogP contribution in [0.3, 0.4) is 0 Å². The maximum Gasteiger partial charge on any atom is 0.417 e. The SMILES string of the molecule is C=CC(=O)C(=C)CCN(CC(C)CC#N)c1nc(OCC2CCCC(=C)C2C)nc2c1CC/C(=C\c1c(C(F)(F)F)ccc3c1C=N[C@H]3C)CC2. The molecule has 0 bridgehead atoms. The van der Waals surface area contributed by atoms with Crippen molar-refractivity contribution in [3.8, 4) is 12.1 Å². The molecular weight excluding hydrogens is 651 g/mol. The molecule has 1 aliphatic heterocycles. The summed E-state index contributed by atoms with van der Waals surface area (Å²) in [7, 11) is 0. The number of anilines is 1. The summed E-state index contributed by atoms with van der Waals surface area (Å²) in [6, 6.07) is 5.02. The molecule has 2 aromatic rings. The van der Waals surface area contributed by atoms with Crippen LogP contribution in [0.2, 0.25) is 0 Å². The molecule has 10 heteroatoms. The number of alkyl halides is 3. The highest BCUT2D eigenvalue weighted by atomic mass is 19.4. The van der Waals surface area contributed by atoms with Gasteiger partial charge in [-0.3, -0.25) is 9.79 Å². The van der Waals surface area contributed by atoms with Crippen molar-refractivity contribution in [2.75, 3.05) is 24.6 Å². The number of ether oxygens (including phenoxy) is 1. The van der Waals surface area contributed by atoms with Gasteiger partial charge in [0.1, 0.15) is 5.82 Å². The number of carbonyl (C=O) groups excluding carboxylic acids is 1. The highest BCUT2D eigenvalue weighted by Crippen LogP contribution is 2.41. The minimum absolute atomic E-state index is 0.00582. The second kappa shape index (κ2) is 16.2. The number of ketones is 1. The van der Waals surface area contributed by atoms with Gasteiger partial charge in [0.15, 0.2) is 5.78 Å². The lowest BCUT2D eigenvalue weighted by Gasteiger charge is -2.31. The number of aliphatic imine (C=N–C) groups is 1. The Balaban J connectivity index is 1.53. The molecule has 1 aromatic heterocycles. The average molecular weight is 700 g/mol. The van der Waals surface area contributed by atoms with E-state index >= 15 is 0 Å². The third-order valence-electron chi connectivity index (χ3n) is 10.6. The van der Waals surface area contributed by atoms with Crippen LogP contribution in [-0.4, -0.2) is 41.7 Å². The fourth-order valence-corrected chi connectivity index (χ4v) is 7.38. The summed E-state index contributed by atoms with van der Waals surface area (Å²) in [6.07, 6.45) is 5.85. The zero-order chi connectivity index (χ0) is 36.9. The van der Waals surface area contributed by atoms with Gasteiger partial charge in [0.05, 0.1) is 30.0 Å². The van der Waals surface area contributed by atoms with E-state index in [4.69, 9.17) is 14.7 Å². The number of aryl methyl sites for hydroxylation is 1. The number of allylic oxidation sites excluding steroid dienone is 3. The molecule has 7 nitrogen and oxygen atoms in total. The highest BCUT2D eigenvalue weighted by molar-refractivity contribution is 6.03. The number of hydrogen-bond acceptors (Lipinski definition) is 7. The fourth-order valence-electron chi connectivity index (χ4n) is 7.38. The number of fused-ring (bicyclic) bond motifs is 2. The van der Waals surface area contributed by atoms with Gasteiger partial charge in [0.2, 0.25) is 0 Å². The molecule has 3 aliphatic rings. The number of benzene rings is 1. The van der Waals surface area contributed by atoms with Gasteiger partial charge in [-0.1, -0.05) is 56.9 Å². The third kappa shape index (κ3) is 8.87. The normalized spacial score (nSPS) is 21.3. The minimum Gasteiger partial charge on any atom is -0.463 e. The zero-order valence-corrected chi connectivity index (χ0v) is 30.0. The van der Waals surface area contributed by atoms with E-state index < -0.39 is 11.7 Å². The van der Waals surface area contributed by atoms with E-state index in [1.54, 1.807) is 12.3 Å². The van der Waals surface area contributed by atoms with Crippen LogP contribution >= 0.6 is 0 Å². The maximum absolute atomic E-state index is 14.3. The third-order valence-corrected chi connectivity index (χ3v) is 10.6. The summed E-state index contributed by atoms with van der Waals surface area (Å²) >= 11 is 0. The van der Waals surface area contributed by atoms with Crippen LogP contribution in [0.4, 0.5) is 19.0 Å². The molecule has 1 aromatic carbocycles. The largest absolute Gasteiger partial charge is 0.463 e. The van der Waals surface area contributed by atoms with E-state index in [1.165, 1.54) is 23.8 Å². The van der Waals surface area contributed by atoms with Crippen molar-refractivity contribution < 1.29 is 22.7 Å². The van der Waals surface area contributed by atoms with Gasteiger partial charge in [-0.25, -0.2) is 0 Å². The first-order valence-corrected chi connectivity index (χ1v) is 17.9. The Hall–Kier alpha value is -4.52.